The number of aliphatic hydroxyl groups is 1. The summed E-state index contributed by atoms with van der Waals surface area (Å²) < 4.78 is 5.35. The third-order valence-corrected chi connectivity index (χ3v) is 4.51. The van der Waals surface area contributed by atoms with E-state index in [1.165, 1.54) is 0 Å². The Bertz CT molecular complexity index is 472. The molecule has 19 heavy (non-hydrogen) atoms. The number of aryl methyl sites for hydroxylation is 2. The summed E-state index contributed by atoms with van der Waals surface area (Å²) in [5.41, 5.74) is 2.56. The molecule has 3 nitrogen and oxygen atoms in total. The summed E-state index contributed by atoms with van der Waals surface area (Å²) in [6.07, 6.45) is 1.58. The van der Waals surface area contributed by atoms with Gasteiger partial charge in [-0.3, -0.25) is 0 Å². The van der Waals surface area contributed by atoms with Gasteiger partial charge >= 0.3 is 0 Å². The lowest BCUT2D eigenvalue weighted by molar-refractivity contribution is -0.0413. The molecular weight excluding hydrogens is 238 g/mol. The minimum absolute atomic E-state index is 0.403. The number of methoxy groups -OCH3 is 1. The van der Waals surface area contributed by atoms with Crippen LogP contribution in [0.1, 0.15) is 36.5 Å². The smallest absolute Gasteiger partial charge is 0.122 e. The molecule has 0 spiro atoms. The van der Waals surface area contributed by atoms with E-state index in [1.807, 2.05) is 13.0 Å². The van der Waals surface area contributed by atoms with Gasteiger partial charge in [0.25, 0.3) is 0 Å². The first-order valence-electron chi connectivity index (χ1n) is 6.96. The van der Waals surface area contributed by atoms with Crippen molar-refractivity contribution in [1.82, 2.24) is 4.90 Å². The molecular formula is C16H25NO2. The van der Waals surface area contributed by atoms with Crippen LogP contribution in [0.25, 0.3) is 0 Å². The molecule has 1 heterocycles. The number of hydrogen-bond donors (Lipinski definition) is 1. The largest absolute Gasteiger partial charge is 0.496 e. The highest BCUT2D eigenvalue weighted by Gasteiger charge is 2.37. The quantitative estimate of drug-likeness (QED) is 0.890. The van der Waals surface area contributed by atoms with Crippen LogP contribution < -0.4 is 4.74 Å². The number of piperidine rings is 1. The van der Waals surface area contributed by atoms with Crippen LogP contribution in [0.5, 0.6) is 5.75 Å². The molecule has 1 saturated heterocycles. The second kappa shape index (κ2) is 5.14. The molecule has 0 aliphatic carbocycles. The Morgan fingerprint density at radius 1 is 1.32 bits per heavy atom. The fraction of sp³-hybridized carbons (Fsp3) is 0.625. The molecule has 1 aromatic carbocycles. The van der Waals surface area contributed by atoms with Crippen LogP contribution in [-0.2, 0) is 5.60 Å². The average Bonchev–Trinajstić information content (AvgIpc) is 2.36. The zero-order valence-corrected chi connectivity index (χ0v) is 12.7. The van der Waals surface area contributed by atoms with Crippen molar-refractivity contribution in [2.75, 3.05) is 20.7 Å². The molecule has 2 unspecified atom stereocenters. The maximum atomic E-state index is 11.0. The molecule has 2 atom stereocenters. The van der Waals surface area contributed by atoms with Crippen LogP contribution >= 0.6 is 0 Å². The van der Waals surface area contributed by atoms with Gasteiger partial charge in [0, 0.05) is 12.6 Å². The zero-order valence-electron chi connectivity index (χ0n) is 12.7. The van der Waals surface area contributed by atoms with E-state index < -0.39 is 5.60 Å². The van der Waals surface area contributed by atoms with E-state index in [4.69, 9.17) is 4.74 Å². The van der Waals surface area contributed by atoms with Crippen molar-refractivity contribution in [3.63, 3.8) is 0 Å². The molecule has 3 heteroatoms. The lowest BCUT2D eigenvalue weighted by atomic mass is 9.79. The van der Waals surface area contributed by atoms with Gasteiger partial charge in [-0.25, -0.2) is 0 Å². The van der Waals surface area contributed by atoms with Gasteiger partial charge in [0.1, 0.15) is 5.75 Å². The highest BCUT2D eigenvalue weighted by Crippen LogP contribution is 2.38. The molecule has 1 aliphatic heterocycles. The Balaban J connectivity index is 2.38. The molecule has 1 N–H and O–H groups in total. The van der Waals surface area contributed by atoms with Crippen molar-refractivity contribution in [2.45, 2.75) is 45.3 Å². The predicted molar refractivity (Wildman–Crippen MR) is 77.7 cm³/mol. The topological polar surface area (TPSA) is 32.7 Å². The summed E-state index contributed by atoms with van der Waals surface area (Å²) in [4.78, 5) is 2.31. The van der Waals surface area contributed by atoms with Crippen LogP contribution in [0.4, 0.5) is 0 Å². The minimum atomic E-state index is -0.701. The van der Waals surface area contributed by atoms with Crippen LogP contribution in [0, 0.1) is 13.8 Å². The molecule has 1 fully saturated rings. The molecule has 106 valence electrons. The third-order valence-electron chi connectivity index (χ3n) is 4.51. The number of benzene rings is 1. The third kappa shape index (κ3) is 2.63. The summed E-state index contributed by atoms with van der Waals surface area (Å²) in [6.45, 7) is 7.19. The molecule has 0 amide bonds. The normalized spacial score (nSPS) is 28.4. The maximum Gasteiger partial charge on any atom is 0.122 e. The van der Waals surface area contributed by atoms with Gasteiger partial charge in [-0.1, -0.05) is 0 Å². The Kier molecular flexibility index (Phi) is 3.88. The lowest BCUT2D eigenvalue weighted by Crippen LogP contribution is -2.46. The minimum Gasteiger partial charge on any atom is -0.496 e. The van der Waals surface area contributed by atoms with Gasteiger partial charge in [-0.15, -0.1) is 0 Å². The fourth-order valence-electron chi connectivity index (χ4n) is 3.08. The van der Waals surface area contributed by atoms with Gasteiger partial charge in [-0.2, -0.15) is 0 Å². The summed E-state index contributed by atoms with van der Waals surface area (Å²) >= 11 is 0. The van der Waals surface area contributed by atoms with Gasteiger partial charge in [-0.05, 0) is 69.5 Å². The molecule has 1 aromatic rings. The standard InChI is InChI=1S/C16H25NO2/c1-11-9-15(19-5)12(2)8-14(11)16(18)6-7-17(4)13(3)10-16/h8-9,13,18H,6-7,10H2,1-5H3. The second-order valence-corrected chi connectivity index (χ2v) is 5.95. The zero-order chi connectivity index (χ0) is 14.2. The molecule has 0 radical (unpaired) electrons. The van der Waals surface area contributed by atoms with Crippen molar-refractivity contribution < 1.29 is 9.84 Å². The lowest BCUT2D eigenvalue weighted by Gasteiger charge is -2.42. The Labute approximate surface area is 116 Å². The van der Waals surface area contributed by atoms with Crippen LogP contribution in [0.2, 0.25) is 0 Å². The summed E-state index contributed by atoms with van der Waals surface area (Å²) in [5, 5.41) is 11.0. The van der Waals surface area contributed by atoms with Crippen LogP contribution in [-0.4, -0.2) is 36.8 Å². The van der Waals surface area contributed by atoms with Crippen molar-refractivity contribution >= 4 is 0 Å². The molecule has 1 aliphatic rings. The van der Waals surface area contributed by atoms with Crippen LogP contribution in [0.15, 0.2) is 12.1 Å². The Hall–Kier alpha value is -1.06. The maximum absolute atomic E-state index is 11.0. The first kappa shape index (κ1) is 14.4. The first-order valence-corrected chi connectivity index (χ1v) is 6.96. The van der Waals surface area contributed by atoms with Crippen LogP contribution in [0.3, 0.4) is 0 Å². The summed E-state index contributed by atoms with van der Waals surface area (Å²) in [5.74, 6) is 0.894. The fourth-order valence-corrected chi connectivity index (χ4v) is 3.08. The van der Waals surface area contributed by atoms with E-state index >= 15 is 0 Å². The van der Waals surface area contributed by atoms with Crippen molar-refractivity contribution in [2.24, 2.45) is 0 Å². The highest BCUT2D eigenvalue weighted by molar-refractivity contribution is 5.44. The predicted octanol–water partition coefficient (Wildman–Crippen LogP) is 2.61. The van der Waals surface area contributed by atoms with E-state index in [-0.39, 0.29) is 0 Å². The summed E-state index contributed by atoms with van der Waals surface area (Å²) in [6, 6.07) is 4.53. The SMILES string of the molecule is COc1cc(C)c(C2(O)CCN(C)C(C)C2)cc1C. The molecule has 0 aromatic heterocycles. The Morgan fingerprint density at radius 3 is 2.58 bits per heavy atom. The van der Waals surface area contributed by atoms with E-state index in [1.54, 1.807) is 7.11 Å². The molecule has 2 rings (SSSR count). The van der Waals surface area contributed by atoms with Crippen molar-refractivity contribution in [3.05, 3.63) is 28.8 Å². The number of hydrogen-bond acceptors (Lipinski definition) is 3. The van der Waals surface area contributed by atoms with Crippen molar-refractivity contribution in [1.29, 1.82) is 0 Å². The first-order chi connectivity index (χ1) is 8.87. The van der Waals surface area contributed by atoms with E-state index in [0.717, 1.165) is 41.8 Å². The second-order valence-electron chi connectivity index (χ2n) is 5.95. The highest BCUT2D eigenvalue weighted by atomic mass is 16.5. The van der Waals surface area contributed by atoms with Gasteiger partial charge in [0.15, 0.2) is 0 Å². The number of ether oxygens (including phenoxy) is 1. The number of nitrogens with zero attached hydrogens (tertiary/aromatic N) is 1. The molecule has 0 saturated carbocycles. The van der Waals surface area contributed by atoms with Crippen molar-refractivity contribution in [3.8, 4) is 5.75 Å². The van der Waals surface area contributed by atoms with Gasteiger partial charge in [0.05, 0.1) is 12.7 Å². The van der Waals surface area contributed by atoms with E-state index in [0.29, 0.717) is 6.04 Å². The monoisotopic (exact) mass is 263 g/mol. The van der Waals surface area contributed by atoms with E-state index in [9.17, 15) is 5.11 Å². The molecule has 0 bridgehead atoms. The summed E-state index contributed by atoms with van der Waals surface area (Å²) in [7, 11) is 3.81. The number of likely N-dealkylation sites (tertiary alicyclic amines) is 1. The van der Waals surface area contributed by atoms with Gasteiger partial charge in [0.2, 0.25) is 0 Å². The van der Waals surface area contributed by atoms with Gasteiger partial charge < -0.3 is 14.7 Å². The van der Waals surface area contributed by atoms with E-state index in [2.05, 4.69) is 31.9 Å². The average molecular weight is 263 g/mol. The Morgan fingerprint density at radius 2 is 2.00 bits per heavy atom. The number of rotatable bonds is 2.